The second kappa shape index (κ2) is 3.60. The molecule has 0 aromatic heterocycles. The van der Waals surface area contributed by atoms with Gasteiger partial charge in [-0.2, -0.15) is 0 Å². The van der Waals surface area contributed by atoms with Gasteiger partial charge in [0, 0.05) is 19.2 Å². The van der Waals surface area contributed by atoms with Crippen molar-refractivity contribution in [2.75, 3.05) is 6.54 Å². The first kappa shape index (κ1) is 9.50. The Morgan fingerprint density at radius 2 is 2.00 bits per heavy atom. The molecule has 0 fully saturated rings. The number of rotatable bonds is 0. The van der Waals surface area contributed by atoms with Crippen LogP contribution in [0.4, 0.5) is 0 Å². The molecule has 2 aliphatic rings. The molecule has 0 aromatic rings. The van der Waals surface area contributed by atoms with E-state index in [1.165, 1.54) is 24.8 Å². The minimum Gasteiger partial charge on any atom is -0.313 e. The van der Waals surface area contributed by atoms with E-state index in [0.717, 1.165) is 25.1 Å². The topological polar surface area (TPSA) is 20.3 Å². The normalized spacial score (nSPS) is 22.4. The molecule has 0 aromatic carbocycles. The molecule has 0 unspecified atom stereocenters. The van der Waals surface area contributed by atoms with E-state index in [9.17, 15) is 4.79 Å². The third kappa shape index (κ3) is 1.49. The summed E-state index contributed by atoms with van der Waals surface area (Å²) in [7, 11) is 0. The van der Waals surface area contributed by atoms with Gasteiger partial charge in [-0.1, -0.05) is 12.2 Å². The molecule has 1 amide bonds. The van der Waals surface area contributed by atoms with Crippen LogP contribution in [0.2, 0.25) is 0 Å². The van der Waals surface area contributed by atoms with E-state index in [2.05, 4.69) is 6.58 Å². The highest BCUT2D eigenvalue weighted by molar-refractivity contribution is 5.76. The van der Waals surface area contributed by atoms with Crippen molar-refractivity contribution in [2.45, 2.75) is 39.0 Å². The van der Waals surface area contributed by atoms with Gasteiger partial charge in [0.05, 0.1) is 0 Å². The lowest BCUT2D eigenvalue weighted by Crippen LogP contribution is -2.33. The molecule has 2 heteroatoms. The van der Waals surface area contributed by atoms with E-state index >= 15 is 0 Å². The molecule has 0 saturated heterocycles. The van der Waals surface area contributed by atoms with Gasteiger partial charge in [-0.05, 0) is 37.7 Å². The lowest BCUT2D eigenvalue weighted by Gasteiger charge is -2.34. The highest BCUT2D eigenvalue weighted by Crippen LogP contribution is 2.36. The standard InChI is InChI=1S/C12H17NO/c1-9-12-6-4-3-5-11(12)7-8-13(9)10(2)14/h1,3-8H2,2H3. The summed E-state index contributed by atoms with van der Waals surface area (Å²) in [5.41, 5.74) is 3.90. The van der Waals surface area contributed by atoms with Crippen LogP contribution in [0, 0.1) is 0 Å². The maximum atomic E-state index is 11.3. The molecule has 76 valence electrons. The molecule has 0 bridgehead atoms. The van der Waals surface area contributed by atoms with E-state index in [-0.39, 0.29) is 5.91 Å². The van der Waals surface area contributed by atoms with Gasteiger partial charge in [0.1, 0.15) is 0 Å². The summed E-state index contributed by atoms with van der Waals surface area (Å²) in [6, 6.07) is 0. The summed E-state index contributed by atoms with van der Waals surface area (Å²) in [5, 5.41) is 0. The van der Waals surface area contributed by atoms with E-state index in [4.69, 9.17) is 0 Å². The van der Waals surface area contributed by atoms with Gasteiger partial charge in [0.15, 0.2) is 0 Å². The van der Waals surface area contributed by atoms with Crippen LogP contribution in [-0.2, 0) is 4.79 Å². The average molecular weight is 191 g/mol. The smallest absolute Gasteiger partial charge is 0.223 e. The van der Waals surface area contributed by atoms with Crippen molar-refractivity contribution in [1.29, 1.82) is 0 Å². The zero-order chi connectivity index (χ0) is 10.1. The molecule has 0 N–H and O–H groups in total. The third-order valence-electron chi connectivity index (χ3n) is 3.27. The van der Waals surface area contributed by atoms with Crippen molar-refractivity contribution in [1.82, 2.24) is 4.90 Å². The lowest BCUT2D eigenvalue weighted by molar-refractivity contribution is -0.127. The average Bonchev–Trinajstić information content (AvgIpc) is 2.18. The van der Waals surface area contributed by atoms with Gasteiger partial charge in [-0.15, -0.1) is 0 Å². The minimum absolute atomic E-state index is 0.132. The van der Waals surface area contributed by atoms with Gasteiger partial charge >= 0.3 is 0 Å². The summed E-state index contributed by atoms with van der Waals surface area (Å²) < 4.78 is 0. The maximum Gasteiger partial charge on any atom is 0.223 e. The largest absolute Gasteiger partial charge is 0.313 e. The highest BCUT2D eigenvalue weighted by atomic mass is 16.2. The molecular formula is C12H17NO. The van der Waals surface area contributed by atoms with Crippen molar-refractivity contribution < 1.29 is 4.79 Å². The minimum atomic E-state index is 0.132. The van der Waals surface area contributed by atoms with E-state index in [0.29, 0.717) is 0 Å². The van der Waals surface area contributed by atoms with Crippen LogP contribution in [0.1, 0.15) is 39.0 Å². The van der Waals surface area contributed by atoms with Crippen LogP contribution in [0.15, 0.2) is 23.4 Å². The Kier molecular flexibility index (Phi) is 2.44. The number of hydrogen-bond acceptors (Lipinski definition) is 1. The molecule has 0 saturated carbocycles. The lowest BCUT2D eigenvalue weighted by atomic mass is 9.85. The van der Waals surface area contributed by atoms with Crippen LogP contribution >= 0.6 is 0 Å². The predicted molar refractivity (Wildman–Crippen MR) is 56.6 cm³/mol. The Labute approximate surface area is 85.3 Å². The van der Waals surface area contributed by atoms with Crippen molar-refractivity contribution in [2.24, 2.45) is 0 Å². The number of nitrogens with zero attached hydrogens (tertiary/aromatic N) is 1. The molecule has 2 rings (SSSR count). The zero-order valence-corrected chi connectivity index (χ0v) is 8.81. The molecule has 0 radical (unpaired) electrons. The van der Waals surface area contributed by atoms with Crippen molar-refractivity contribution >= 4 is 5.91 Å². The summed E-state index contributed by atoms with van der Waals surface area (Å²) in [6.45, 7) is 6.51. The predicted octanol–water partition coefficient (Wildman–Crippen LogP) is 2.62. The van der Waals surface area contributed by atoms with E-state index < -0.39 is 0 Å². The van der Waals surface area contributed by atoms with Crippen LogP contribution < -0.4 is 0 Å². The molecule has 1 aliphatic heterocycles. The second-order valence-electron chi connectivity index (χ2n) is 4.16. The third-order valence-corrected chi connectivity index (χ3v) is 3.27. The SMILES string of the molecule is C=C1C2=C(CCCC2)CCN1C(C)=O. The first-order valence-corrected chi connectivity index (χ1v) is 5.38. The van der Waals surface area contributed by atoms with Gasteiger partial charge in [-0.3, -0.25) is 4.79 Å². The second-order valence-corrected chi connectivity index (χ2v) is 4.16. The summed E-state index contributed by atoms with van der Waals surface area (Å²) in [5.74, 6) is 0.132. The zero-order valence-electron chi connectivity index (χ0n) is 8.81. The van der Waals surface area contributed by atoms with Crippen molar-refractivity contribution in [3.05, 3.63) is 23.4 Å². The fraction of sp³-hybridized carbons (Fsp3) is 0.583. The molecule has 0 atom stereocenters. The molecule has 1 heterocycles. The fourth-order valence-corrected chi connectivity index (χ4v) is 2.48. The van der Waals surface area contributed by atoms with Crippen LogP contribution in [0.3, 0.4) is 0 Å². The van der Waals surface area contributed by atoms with Crippen LogP contribution in [0.5, 0.6) is 0 Å². The highest BCUT2D eigenvalue weighted by Gasteiger charge is 2.25. The van der Waals surface area contributed by atoms with E-state index in [1.807, 2.05) is 4.90 Å². The van der Waals surface area contributed by atoms with Crippen LogP contribution in [0.25, 0.3) is 0 Å². The molecule has 2 nitrogen and oxygen atoms in total. The summed E-state index contributed by atoms with van der Waals surface area (Å²) >= 11 is 0. The number of carbonyl (C=O) groups excluding carboxylic acids is 1. The molecule has 14 heavy (non-hydrogen) atoms. The Morgan fingerprint density at radius 1 is 1.29 bits per heavy atom. The number of carbonyl (C=O) groups is 1. The Balaban J connectivity index is 2.26. The molecule has 0 spiro atoms. The van der Waals surface area contributed by atoms with Crippen LogP contribution in [-0.4, -0.2) is 17.4 Å². The van der Waals surface area contributed by atoms with Gasteiger partial charge < -0.3 is 4.90 Å². The van der Waals surface area contributed by atoms with E-state index in [1.54, 1.807) is 12.5 Å². The fourth-order valence-electron chi connectivity index (χ4n) is 2.48. The first-order valence-electron chi connectivity index (χ1n) is 5.38. The Bertz CT molecular complexity index is 314. The Hall–Kier alpha value is -1.05. The number of amides is 1. The molecular weight excluding hydrogens is 174 g/mol. The van der Waals surface area contributed by atoms with Crippen molar-refractivity contribution in [3.63, 3.8) is 0 Å². The molecule has 1 aliphatic carbocycles. The first-order chi connectivity index (χ1) is 6.70. The quantitative estimate of drug-likeness (QED) is 0.576. The summed E-state index contributed by atoms with van der Waals surface area (Å²) in [4.78, 5) is 13.1. The number of hydrogen-bond donors (Lipinski definition) is 0. The van der Waals surface area contributed by atoms with Gasteiger partial charge in [0.2, 0.25) is 5.91 Å². The van der Waals surface area contributed by atoms with Crippen molar-refractivity contribution in [3.8, 4) is 0 Å². The van der Waals surface area contributed by atoms with Gasteiger partial charge in [-0.25, -0.2) is 0 Å². The monoisotopic (exact) mass is 191 g/mol. The Morgan fingerprint density at radius 3 is 2.71 bits per heavy atom. The summed E-state index contributed by atoms with van der Waals surface area (Å²) in [6.07, 6.45) is 5.97. The number of allylic oxidation sites excluding steroid dienone is 1. The van der Waals surface area contributed by atoms with Gasteiger partial charge in [0.25, 0.3) is 0 Å². The maximum absolute atomic E-state index is 11.3.